The largest absolute Gasteiger partial charge is 0.370 e. The highest BCUT2D eigenvalue weighted by Gasteiger charge is 2.18. The number of nitrogens with one attached hydrogen (secondary N) is 1. The Balaban J connectivity index is 1.36. The zero-order chi connectivity index (χ0) is 21.2. The fourth-order valence-corrected chi connectivity index (χ4v) is 5.53. The van der Waals surface area contributed by atoms with Crippen molar-refractivity contribution in [1.82, 2.24) is 10.3 Å². The van der Waals surface area contributed by atoms with Crippen molar-refractivity contribution < 1.29 is 4.79 Å². The molecule has 6 heteroatoms. The summed E-state index contributed by atoms with van der Waals surface area (Å²) < 4.78 is 1.05. The molecule has 156 valence electrons. The van der Waals surface area contributed by atoms with Crippen LogP contribution >= 0.6 is 27.3 Å². The third-order valence-electron chi connectivity index (χ3n) is 5.66. The Morgan fingerprint density at radius 2 is 1.94 bits per heavy atom. The van der Waals surface area contributed by atoms with Crippen molar-refractivity contribution in [3.63, 3.8) is 0 Å². The minimum absolute atomic E-state index is 0.0548. The van der Waals surface area contributed by atoms with Crippen LogP contribution in [0.3, 0.4) is 0 Å². The molecule has 0 aliphatic carbocycles. The van der Waals surface area contributed by atoms with Gasteiger partial charge in [-0.15, -0.1) is 11.3 Å². The van der Waals surface area contributed by atoms with Gasteiger partial charge in [0, 0.05) is 30.7 Å². The first kappa shape index (κ1) is 20.2. The highest BCUT2D eigenvalue weighted by Crippen LogP contribution is 2.32. The number of hydrogen-bond donors (Lipinski definition) is 1. The zero-order valence-electron chi connectivity index (χ0n) is 17.0. The summed E-state index contributed by atoms with van der Waals surface area (Å²) >= 11 is 5.13. The second kappa shape index (κ2) is 8.81. The maximum Gasteiger partial charge on any atom is 0.252 e. The van der Waals surface area contributed by atoms with E-state index in [1.807, 2.05) is 42.5 Å². The van der Waals surface area contributed by atoms with Crippen LogP contribution in [0.15, 0.2) is 70.5 Å². The number of aryl methyl sites for hydroxylation is 1. The Labute approximate surface area is 194 Å². The van der Waals surface area contributed by atoms with Crippen molar-refractivity contribution in [2.75, 3.05) is 24.5 Å². The van der Waals surface area contributed by atoms with Gasteiger partial charge in [0.15, 0.2) is 0 Å². The second-order valence-electron chi connectivity index (χ2n) is 7.65. The summed E-state index contributed by atoms with van der Waals surface area (Å²) in [5.74, 6) is -0.0548. The fraction of sp³-hybridized carbons (Fsp3) is 0.200. The Hall–Kier alpha value is -2.70. The van der Waals surface area contributed by atoms with Gasteiger partial charge in [0.2, 0.25) is 0 Å². The molecule has 31 heavy (non-hydrogen) atoms. The van der Waals surface area contributed by atoms with E-state index >= 15 is 0 Å². The van der Waals surface area contributed by atoms with E-state index in [0.29, 0.717) is 12.1 Å². The lowest BCUT2D eigenvalue weighted by atomic mass is 10.0. The SMILES string of the molecule is O=C(NCCN1CCCc2ccccc21)c1cc(-c2ccc(Br)s2)nc2ccccc12. The molecular formula is C25H22BrN3OS. The number of nitrogens with zero attached hydrogens (tertiary/aromatic N) is 2. The van der Waals surface area contributed by atoms with E-state index in [2.05, 4.69) is 50.4 Å². The predicted octanol–water partition coefficient (Wildman–Crippen LogP) is 5.91. The first-order chi connectivity index (χ1) is 15.2. The number of para-hydroxylation sites is 2. The molecule has 1 amide bonds. The molecule has 4 aromatic rings. The number of pyridine rings is 1. The van der Waals surface area contributed by atoms with Gasteiger partial charge in [-0.2, -0.15) is 0 Å². The van der Waals surface area contributed by atoms with Gasteiger partial charge >= 0.3 is 0 Å². The van der Waals surface area contributed by atoms with Crippen molar-refractivity contribution in [2.24, 2.45) is 0 Å². The van der Waals surface area contributed by atoms with Crippen LogP contribution < -0.4 is 10.2 Å². The molecule has 1 aliphatic rings. The molecule has 4 nitrogen and oxygen atoms in total. The Morgan fingerprint density at radius 1 is 1.10 bits per heavy atom. The standard InChI is InChI=1S/C25H22BrN3OS/c26-24-12-11-23(31-24)21-16-19(18-8-2-3-9-20(18)28-21)25(30)27-13-15-29-14-5-7-17-6-1-4-10-22(17)29/h1-4,6,8-12,16H,5,7,13-15H2,(H,27,30). The molecule has 0 unspecified atom stereocenters. The number of hydrogen-bond acceptors (Lipinski definition) is 4. The number of benzene rings is 2. The molecule has 0 saturated carbocycles. The van der Waals surface area contributed by atoms with Gasteiger partial charge in [0.05, 0.1) is 25.4 Å². The quantitative estimate of drug-likeness (QED) is 0.377. The number of aromatic nitrogens is 1. The summed E-state index contributed by atoms with van der Waals surface area (Å²) in [6.45, 7) is 2.43. The number of anilines is 1. The first-order valence-corrected chi connectivity index (χ1v) is 12.1. The lowest BCUT2D eigenvalue weighted by molar-refractivity contribution is 0.0956. The summed E-state index contributed by atoms with van der Waals surface area (Å²) in [6.07, 6.45) is 2.28. The van der Waals surface area contributed by atoms with Crippen molar-refractivity contribution in [3.05, 3.63) is 81.6 Å². The molecular weight excluding hydrogens is 470 g/mol. The van der Waals surface area contributed by atoms with Crippen molar-refractivity contribution in [2.45, 2.75) is 12.8 Å². The highest BCUT2D eigenvalue weighted by molar-refractivity contribution is 9.11. The number of carbonyl (C=O) groups excluding carboxylic acids is 1. The third-order valence-corrected chi connectivity index (χ3v) is 7.31. The van der Waals surface area contributed by atoms with Crippen molar-refractivity contribution in [3.8, 4) is 10.6 Å². The predicted molar refractivity (Wildman–Crippen MR) is 132 cm³/mol. The van der Waals surface area contributed by atoms with Gasteiger partial charge in [-0.1, -0.05) is 36.4 Å². The van der Waals surface area contributed by atoms with E-state index < -0.39 is 0 Å². The first-order valence-electron chi connectivity index (χ1n) is 10.5. The average Bonchev–Trinajstić information content (AvgIpc) is 3.24. The Morgan fingerprint density at radius 3 is 2.81 bits per heavy atom. The summed E-state index contributed by atoms with van der Waals surface area (Å²) in [5, 5.41) is 4.02. The van der Waals surface area contributed by atoms with Crippen LogP contribution in [0.4, 0.5) is 5.69 Å². The second-order valence-corrected chi connectivity index (χ2v) is 10.1. The Bertz CT molecular complexity index is 1250. The summed E-state index contributed by atoms with van der Waals surface area (Å²) in [7, 11) is 0. The summed E-state index contributed by atoms with van der Waals surface area (Å²) in [6, 6.07) is 22.3. The van der Waals surface area contributed by atoms with Crippen LogP contribution in [-0.4, -0.2) is 30.5 Å². The molecule has 5 rings (SSSR count). The van der Waals surface area contributed by atoms with Crippen LogP contribution in [0.25, 0.3) is 21.5 Å². The van der Waals surface area contributed by atoms with Crippen LogP contribution in [0.1, 0.15) is 22.3 Å². The molecule has 0 atom stereocenters. The van der Waals surface area contributed by atoms with Crippen molar-refractivity contribution >= 4 is 49.8 Å². The van der Waals surface area contributed by atoms with Gasteiger partial charge in [0.25, 0.3) is 5.91 Å². The van der Waals surface area contributed by atoms with Crippen LogP contribution in [-0.2, 0) is 6.42 Å². The van der Waals surface area contributed by atoms with Crippen LogP contribution in [0, 0.1) is 0 Å². The maximum absolute atomic E-state index is 13.2. The normalized spacial score (nSPS) is 13.3. The minimum atomic E-state index is -0.0548. The van der Waals surface area contributed by atoms with Crippen LogP contribution in [0.5, 0.6) is 0 Å². The van der Waals surface area contributed by atoms with Gasteiger partial charge in [-0.05, 0) is 64.7 Å². The smallest absolute Gasteiger partial charge is 0.252 e. The molecule has 0 spiro atoms. The lowest BCUT2D eigenvalue weighted by Gasteiger charge is -2.31. The molecule has 0 fully saturated rings. The highest BCUT2D eigenvalue weighted by atomic mass is 79.9. The van der Waals surface area contributed by atoms with E-state index in [-0.39, 0.29) is 5.91 Å². The zero-order valence-corrected chi connectivity index (χ0v) is 19.4. The van der Waals surface area contributed by atoms with E-state index in [1.165, 1.54) is 11.3 Å². The molecule has 0 radical (unpaired) electrons. The third kappa shape index (κ3) is 4.23. The van der Waals surface area contributed by atoms with Gasteiger partial charge in [-0.3, -0.25) is 4.79 Å². The van der Waals surface area contributed by atoms with E-state index in [4.69, 9.17) is 4.98 Å². The van der Waals surface area contributed by atoms with Crippen LogP contribution in [0.2, 0.25) is 0 Å². The average molecular weight is 492 g/mol. The minimum Gasteiger partial charge on any atom is -0.370 e. The van der Waals surface area contributed by atoms with Gasteiger partial charge in [0.1, 0.15) is 0 Å². The number of rotatable bonds is 5. The fourth-order valence-electron chi connectivity index (χ4n) is 4.18. The molecule has 1 aliphatic heterocycles. The van der Waals surface area contributed by atoms with E-state index in [1.54, 1.807) is 11.3 Å². The number of thiophene rings is 1. The molecule has 2 aromatic carbocycles. The number of halogens is 1. The molecule has 0 saturated heterocycles. The van der Waals surface area contributed by atoms with E-state index in [0.717, 1.165) is 51.2 Å². The molecule has 2 aromatic heterocycles. The number of fused-ring (bicyclic) bond motifs is 2. The monoisotopic (exact) mass is 491 g/mol. The molecule has 1 N–H and O–H groups in total. The Kier molecular flexibility index (Phi) is 5.74. The number of amides is 1. The molecule has 3 heterocycles. The molecule has 0 bridgehead atoms. The van der Waals surface area contributed by atoms with Crippen molar-refractivity contribution in [1.29, 1.82) is 0 Å². The van der Waals surface area contributed by atoms with Gasteiger partial charge < -0.3 is 10.2 Å². The summed E-state index contributed by atoms with van der Waals surface area (Å²) in [5.41, 5.74) is 5.02. The van der Waals surface area contributed by atoms with E-state index in [9.17, 15) is 4.79 Å². The lowest BCUT2D eigenvalue weighted by Crippen LogP contribution is -2.37. The maximum atomic E-state index is 13.2. The topological polar surface area (TPSA) is 45.2 Å². The summed E-state index contributed by atoms with van der Waals surface area (Å²) in [4.78, 5) is 21.4. The van der Waals surface area contributed by atoms with Gasteiger partial charge in [-0.25, -0.2) is 4.98 Å². The number of carbonyl (C=O) groups is 1.